The van der Waals surface area contributed by atoms with Crippen LogP contribution in [0.25, 0.3) is 11.4 Å². The average molecular weight is 385 g/mol. The second kappa shape index (κ2) is 8.44. The number of hydrogen-bond acceptors (Lipinski definition) is 4. The standard InChI is InChI=1S/C19H16ClFN4.C2H6/c1-11-10-22-8-7-16(11)23-18-13-3-2-4-17(13)24-19(25-18)14-9-12(20)5-6-15(14)21;1-2/h5-10H,2-4H2,1H3,(H,22,23,24,25);1-2H3. The van der Waals surface area contributed by atoms with Gasteiger partial charge in [0.2, 0.25) is 0 Å². The van der Waals surface area contributed by atoms with E-state index in [1.54, 1.807) is 18.5 Å². The van der Waals surface area contributed by atoms with Crippen molar-refractivity contribution in [1.29, 1.82) is 0 Å². The van der Waals surface area contributed by atoms with E-state index in [4.69, 9.17) is 11.6 Å². The molecular formula is C21H22ClFN4. The van der Waals surface area contributed by atoms with Crippen molar-refractivity contribution in [2.45, 2.75) is 40.0 Å². The maximum atomic E-state index is 14.3. The highest BCUT2D eigenvalue weighted by Crippen LogP contribution is 2.32. The van der Waals surface area contributed by atoms with Crippen molar-refractivity contribution in [3.63, 3.8) is 0 Å². The van der Waals surface area contributed by atoms with Crippen LogP contribution < -0.4 is 5.32 Å². The largest absolute Gasteiger partial charge is 0.340 e. The van der Waals surface area contributed by atoms with Crippen LogP contribution in [0, 0.1) is 12.7 Å². The molecule has 0 aliphatic heterocycles. The van der Waals surface area contributed by atoms with Gasteiger partial charge in [-0.2, -0.15) is 0 Å². The summed E-state index contributed by atoms with van der Waals surface area (Å²) in [6.45, 7) is 5.98. The van der Waals surface area contributed by atoms with E-state index in [2.05, 4.69) is 20.3 Å². The van der Waals surface area contributed by atoms with E-state index in [1.165, 1.54) is 12.1 Å². The van der Waals surface area contributed by atoms with Crippen molar-refractivity contribution < 1.29 is 4.39 Å². The lowest BCUT2D eigenvalue weighted by atomic mass is 10.1. The fraction of sp³-hybridized carbons (Fsp3) is 0.286. The first kappa shape index (κ1) is 19.2. The molecule has 0 bridgehead atoms. The van der Waals surface area contributed by atoms with Gasteiger partial charge in [0.05, 0.1) is 5.56 Å². The van der Waals surface area contributed by atoms with Crippen molar-refractivity contribution >= 4 is 23.1 Å². The first-order chi connectivity index (χ1) is 13.1. The van der Waals surface area contributed by atoms with Crippen molar-refractivity contribution in [3.05, 3.63) is 64.3 Å². The second-order valence-corrected chi connectivity index (χ2v) is 6.55. The van der Waals surface area contributed by atoms with Gasteiger partial charge in [0.15, 0.2) is 5.82 Å². The number of aromatic nitrogens is 3. The molecule has 0 amide bonds. The molecule has 0 saturated carbocycles. The molecular weight excluding hydrogens is 363 g/mol. The Morgan fingerprint density at radius 3 is 2.70 bits per heavy atom. The normalized spacial score (nSPS) is 12.2. The third-order valence-electron chi connectivity index (χ3n) is 4.38. The smallest absolute Gasteiger partial charge is 0.164 e. The van der Waals surface area contributed by atoms with Gasteiger partial charge < -0.3 is 5.32 Å². The van der Waals surface area contributed by atoms with Crippen LogP contribution >= 0.6 is 11.6 Å². The Morgan fingerprint density at radius 2 is 1.93 bits per heavy atom. The Kier molecular flexibility index (Phi) is 6.01. The predicted molar refractivity (Wildman–Crippen MR) is 108 cm³/mol. The van der Waals surface area contributed by atoms with Crippen molar-refractivity contribution in [2.75, 3.05) is 5.32 Å². The molecule has 1 aromatic carbocycles. The zero-order chi connectivity index (χ0) is 19.4. The lowest BCUT2D eigenvalue weighted by Gasteiger charge is -2.14. The highest BCUT2D eigenvalue weighted by atomic mass is 35.5. The Bertz CT molecular complexity index is 959. The van der Waals surface area contributed by atoms with Crippen molar-refractivity contribution in [2.24, 2.45) is 0 Å². The Balaban J connectivity index is 0.00000102. The molecule has 2 heterocycles. The Morgan fingerprint density at radius 1 is 1.11 bits per heavy atom. The molecule has 3 aromatic rings. The molecule has 0 spiro atoms. The average Bonchev–Trinajstić information content (AvgIpc) is 3.16. The zero-order valence-corrected chi connectivity index (χ0v) is 16.4. The Hall–Kier alpha value is -2.53. The fourth-order valence-electron chi connectivity index (χ4n) is 3.07. The summed E-state index contributed by atoms with van der Waals surface area (Å²) in [5, 5.41) is 3.83. The number of halogens is 2. The van der Waals surface area contributed by atoms with Crippen LogP contribution in [0.15, 0.2) is 36.7 Å². The topological polar surface area (TPSA) is 50.7 Å². The lowest BCUT2D eigenvalue weighted by molar-refractivity contribution is 0.630. The first-order valence-corrected chi connectivity index (χ1v) is 9.52. The lowest BCUT2D eigenvalue weighted by Crippen LogP contribution is -2.05. The molecule has 1 N–H and O–H groups in total. The first-order valence-electron chi connectivity index (χ1n) is 9.14. The molecule has 140 valence electrons. The third kappa shape index (κ3) is 4.08. The van der Waals surface area contributed by atoms with Gasteiger partial charge in [-0.25, -0.2) is 14.4 Å². The van der Waals surface area contributed by atoms with Crippen LogP contribution in [-0.4, -0.2) is 15.0 Å². The van der Waals surface area contributed by atoms with Crippen LogP contribution in [0.3, 0.4) is 0 Å². The van der Waals surface area contributed by atoms with Crippen LogP contribution in [0.1, 0.15) is 37.1 Å². The molecule has 6 heteroatoms. The summed E-state index contributed by atoms with van der Waals surface area (Å²) in [6.07, 6.45) is 6.34. The fourth-order valence-corrected chi connectivity index (χ4v) is 3.24. The van der Waals surface area contributed by atoms with Gasteiger partial charge in [0.25, 0.3) is 0 Å². The zero-order valence-electron chi connectivity index (χ0n) is 15.7. The number of pyridine rings is 1. The summed E-state index contributed by atoms with van der Waals surface area (Å²) in [5.41, 5.74) is 4.33. The number of benzene rings is 1. The predicted octanol–water partition coefficient (Wildman–Crippen LogP) is 5.90. The minimum absolute atomic E-state index is 0.316. The number of fused-ring (bicyclic) bond motifs is 1. The van der Waals surface area contributed by atoms with Crippen LogP contribution in [0.2, 0.25) is 5.02 Å². The summed E-state index contributed by atoms with van der Waals surface area (Å²) >= 11 is 6.03. The van der Waals surface area contributed by atoms with E-state index in [9.17, 15) is 4.39 Å². The second-order valence-electron chi connectivity index (χ2n) is 6.11. The summed E-state index contributed by atoms with van der Waals surface area (Å²) in [4.78, 5) is 13.3. The van der Waals surface area contributed by atoms with Crippen molar-refractivity contribution in [3.8, 4) is 11.4 Å². The van der Waals surface area contributed by atoms with E-state index in [0.717, 1.165) is 47.6 Å². The molecule has 2 aromatic heterocycles. The van der Waals surface area contributed by atoms with Gasteiger partial charge in [0.1, 0.15) is 11.6 Å². The van der Waals surface area contributed by atoms with E-state index in [0.29, 0.717) is 16.4 Å². The van der Waals surface area contributed by atoms with E-state index >= 15 is 0 Å². The molecule has 0 atom stereocenters. The maximum Gasteiger partial charge on any atom is 0.164 e. The van der Waals surface area contributed by atoms with Gasteiger partial charge in [-0.15, -0.1) is 0 Å². The van der Waals surface area contributed by atoms with Gasteiger partial charge in [-0.05, 0) is 56.0 Å². The van der Waals surface area contributed by atoms with Gasteiger partial charge >= 0.3 is 0 Å². The Labute approximate surface area is 163 Å². The molecule has 1 aliphatic carbocycles. The number of nitrogens with zero attached hydrogens (tertiary/aromatic N) is 3. The number of rotatable bonds is 3. The molecule has 4 rings (SSSR count). The van der Waals surface area contributed by atoms with E-state index < -0.39 is 0 Å². The van der Waals surface area contributed by atoms with E-state index in [-0.39, 0.29) is 5.82 Å². The minimum Gasteiger partial charge on any atom is -0.340 e. The van der Waals surface area contributed by atoms with E-state index in [1.807, 2.05) is 26.8 Å². The molecule has 27 heavy (non-hydrogen) atoms. The van der Waals surface area contributed by atoms with Crippen LogP contribution in [0.4, 0.5) is 15.9 Å². The highest BCUT2D eigenvalue weighted by Gasteiger charge is 2.21. The van der Waals surface area contributed by atoms with Gasteiger partial charge in [-0.1, -0.05) is 25.4 Å². The monoisotopic (exact) mass is 384 g/mol. The highest BCUT2D eigenvalue weighted by molar-refractivity contribution is 6.30. The van der Waals surface area contributed by atoms with Gasteiger partial charge in [-0.3, -0.25) is 4.98 Å². The molecule has 0 saturated heterocycles. The van der Waals surface area contributed by atoms with Crippen LogP contribution in [-0.2, 0) is 12.8 Å². The summed E-state index contributed by atoms with van der Waals surface area (Å²) < 4.78 is 14.3. The molecule has 4 nitrogen and oxygen atoms in total. The summed E-state index contributed by atoms with van der Waals surface area (Å²) in [6, 6.07) is 6.33. The SMILES string of the molecule is CC.Cc1cnccc1Nc1nc(-c2cc(Cl)ccc2F)nc2c1CCC2. The number of aryl methyl sites for hydroxylation is 2. The van der Waals surface area contributed by atoms with Crippen LogP contribution in [0.5, 0.6) is 0 Å². The number of hydrogen-bond donors (Lipinski definition) is 1. The third-order valence-corrected chi connectivity index (χ3v) is 4.61. The summed E-state index contributed by atoms with van der Waals surface area (Å²) in [7, 11) is 0. The molecule has 0 unspecified atom stereocenters. The molecule has 1 aliphatic rings. The summed E-state index contributed by atoms with van der Waals surface area (Å²) in [5.74, 6) is 0.703. The number of nitrogens with one attached hydrogen (secondary N) is 1. The quantitative estimate of drug-likeness (QED) is 0.610. The number of anilines is 2. The molecule has 0 fully saturated rings. The maximum absolute atomic E-state index is 14.3. The van der Waals surface area contributed by atoms with Crippen molar-refractivity contribution in [1.82, 2.24) is 15.0 Å². The minimum atomic E-state index is -0.381. The van der Waals surface area contributed by atoms with Gasteiger partial charge in [0, 0.05) is 34.4 Å². The molecule has 0 radical (unpaired) electrons.